The second-order valence-corrected chi connectivity index (χ2v) is 14.1. The predicted molar refractivity (Wildman–Crippen MR) is 206 cm³/mol. The summed E-state index contributed by atoms with van der Waals surface area (Å²) in [4.78, 5) is 4.99. The highest BCUT2D eigenvalue weighted by Gasteiger charge is 2.41. The van der Waals surface area contributed by atoms with Crippen molar-refractivity contribution in [3.05, 3.63) is 167 Å². The van der Waals surface area contributed by atoms with E-state index in [0.29, 0.717) is 0 Å². The van der Waals surface area contributed by atoms with Gasteiger partial charge >= 0.3 is 0 Å². The third kappa shape index (κ3) is 5.26. The van der Waals surface area contributed by atoms with Crippen LogP contribution in [-0.2, 0) is 10.8 Å². The maximum atomic E-state index is 2.49. The maximum Gasteiger partial charge on any atom is 0.218 e. The van der Waals surface area contributed by atoms with Gasteiger partial charge in [0.25, 0.3) is 0 Å². The minimum atomic E-state index is -0.0727. The summed E-state index contributed by atoms with van der Waals surface area (Å²) in [6.07, 6.45) is 11.6. The number of benzene rings is 4. The number of allylic oxidation sites excluding steroid dienone is 8. The van der Waals surface area contributed by atoms with Crippen LogP contribution >= 0.6 is 0 Å². The van der Waals surface area contributed by atoms with Gasteiger partial charge in [0.2, 0.25) is 17.1 Å². The lowest BCUT2D eigenvalue weighted by Gasteiger charge is -2.26. The van der Waals surface area contributed by atoms with Crippen molar-refractivity contribution in [3.8, 4) is 0 Å². The molecule has 7 rings (SSSR count). The third-order valence-corrected chi connectivity index (χ3v) is 10.6. The molecule has 3 heteroatoms. The van der Waals surface area contributed by atoms with E-state index in [2.05, 4.69) is 189 Å². The molecule has 0 aromatic heterocycles. The first-order chi connectivity index (χ1) is 23.3. The van der Waals surface area contributed by atoms with E-state index in [1.54, 1.807) is 0 Å². The molecular formula is C45H48N3+. The molecule has 0 atom stereocenters. The molecule has 48 heavy (non-hydrogen) atoms. The Bertz CT molecular complexity index is 1840. The molecule has 3 nitrogen and oxygen atoms in total. The summed E-state index contributed by atoms with van der Waals surface area (Å²) in [6.45, 7) is 15.9. The maximum absolute atomic E-state index is 2.49. The molecule has 0 N–H and O–H groups in total. The summed E-state index contributed by atoms with van der Waals surface area (Å²) in [5, 5.41) is 0. The molecule has 0 unspecified atom stereocenters. The molecule has 242 valence electrons. The van der Waals surface area contributed by atoms with Gasteiger partial charge in [-0.1, -0.05) is 113 Å². The van der Waals surface area contributed by atoms with Crippen LogP contribution in [0.3, 0.4) is 0 Å². The van der Waals surface area contributed by atoms with E-state index >= 15 is 0 Å². The van der Waals surface area contributed by atoms with Gasteiger partial charge in [0.1, 0.15) is 0 Å². The molecule has 2 heterocycles. The van der Waals surface area contributed by atoms with Gasteiger partial charge in [0.15, 0.2) is 0 Å². The molecule has 0 saturated heterocycles. The first-order valence-electron chi connectivity index (χ1n) is 17.6. The Kier molecular flexibility index (Phi) is 8.33. The molecular weight excluding hydrogens is 583 g/mol. The van der Waals surface area contributed by atoms with Gasteiger partial charge in [-0.25, -0.2) is 0 Å². The van der Waals surface area contributed by atoms with Crippen LogP contribution in [0.25, 0.3) is 0 Å². The summed E-state index contributed by atoms with van der Waals surface area (Å²) in [5.41, 5.74) is 14.4. The summed E-state index contributed by atoms with van der Waals surface area (Å²) >= 11 is 0. The normalized spacial score (nSPS) is 21.1. The first kappa shape index (κ1) is 31.7. The molecule has 0 radical (unpaired) electrons. The van der Waals surface area contributed by atoms with Gasteiger partial charge in [-0.3, -0.25) is 0 Å². The third-order valence-electron chi connectivity index (χ3n) is 10.6. The fourth-order valence-corrected chi connectivity index (χ4v) is 8.21. The molecule has 3 aliphatic rings. The quantitative estimate of drug-likeness (QED) is 0.196. The Hall–Kier alpha value is -4.89. The number of likely N-dealkylation sites (N-methyl/N-ethyl adjacent to an activating group) is 2. The predicted octanol–water partition coefficient (Wildman–Crippen LogP) is 11.0. The van der Waals surface area contributed by atoms with E-state index in [1.165, 1.54) is 62.1 Å². The molecule has 1 aliphatic carbocycles. The lowest BCUT2D eigenvalue weighted by atomic mass is 9.83. The number of anilines is 2. The zero-order valence-electron chi connectivity index (χ0n) is 29.4. The van der Waals surface area contributed by atoms with Crippen molar-refractivity contribution in [2.75, 3.05) is 22.9 Å². The van der Waals surface area contributed by atoms with Crippen LogP contribution in [0.15, 0.2) is 156 Å². The number of fused-ring (bicyclic) bond motifs is 2. The Morgan fingerprint density at radius 3 is 1.29 bits per heavy atom. The Morgan fingerprint density at radius 2 is 0.896 bits per heavy atom. The van der Waals surface area contributed by atoms with Gasteiger partial charge in [0, 0.05) is 82.1 Å². The van der Waals surface area contributed by atoms with Crippen LogP contribution in [0.4, 0.5) is 22.7 Å². The second-order valence-electron chi connectivity index (χ2n) is 14.1. The first-order valence-corrected chi connectivity index (χ1v) is 17.6. The monoisotopic (exact) mass is 630 g/mol. The minimum Gasteiger partial charge on any atom is -0.344 e. The zero-order valence-corrected chi connectivity index (χ0v) is 29.4. The average Bonchev–Trinajstić information content (AvgIpc) is 3.68. The SMILES string of the molecule is CCN1C(=CC=C2CC/C(=C\C=C3N(CC)c4ccccc4C3(C)C)C2=[N+](c2ccccc2)c2ccccc2)C(C)(C)c2ccccc21. The Labute approximate surface area is 287 Å². The fraction of sp³-hybridized carbons (Fsp3) is 0.267. The largest absolute Gasteiger partial charge is 0.344 e. The zero-order chi connectivity index (χ0) is 33.5. The van der Waals surface area contributed by atoms with Crippen LogP contribution in [0.1, 0.15) is 65.5 Å². The van der Waals surface area contributed by atoms with E-state index in [-0.39, 0.29) is 10.8 Å². The molecule has 1 fully saturated rings. The lowest BCUT2D eigenvalue weighted by Crippen LogP contribution is -2.26. The molecule has 2 aliphatic heterocycles. The van der Waals surface area contributed by atoms with E-state index in [1.807, 2.05) is 0 Å². The Morgan fingerprint density at radius 1 is 0.521 bits per heavy atom. The lowest BCUT2D eigenvalue weighted by molar-refractivity contribution is 0.633. The van der Waals surface area contributed by atoms with Crippen molar-refractivity contribution in [1.82, 2.24) is 4.58 Å². The second kappa shape index (κ2) is 12.6. The van der Waals surface area contributed by atoms with E-state index in [0.717, 1.165) is 25.9 Å². The van der Waals surface area contributed by atoms with Gasteiger partial charge in [-0.05, 0) is 62.1 Å². The highest BCUT2D eigenvalue weighted by atomic mass is 15.2. The van der Waals surface area contributed by atoms with E-state index in [4.69, 9.17) is 0 Å². The summed E-state index contributed by atoms with van der Waals surface area (Å²) in [5.74, 6) is 0. The molecule has 0 amide bonds. The van der Waals surface area contributed by atoms with Crippen LogP contribution in [0.2, 0.25) is 0 Å². The number of rotatable bonds is 6. The summed E-state index contributed by atoms with van der Waals surface area (Å²) in [6, 6.07) is 39.5. The van der Waals surface area contributed by atoms with Crippen molar-refractivity contribution >= 4 is 28.5 Å². The molecule has 0 bridgehead atoms. The molecule has 1 saturated carbocycles. The number of para-hydroxylation sites is 4. The summed E-state index contributed by atoms with van der Waals surface area (Å²) < 4.78 is 2.47. The fourth-order valence-electron chi connectivity index (χ4n) is 8.21. The van der Waals surface area contributed by atoms with Crippen molar-refractivity contribution in [1.29, 1.82) is 0 Å². The van der Waals surface area contributed by atoms with E-state index < -0.39 is 0 Å². The van der Waals surface area contributed by atoms with Crippen molar-refractivity contribution in [2.45, 2.75) is 65.2 Å². The van der Waals surface area contributed by atoms with Crippen LogP contribution in [-0.4, -0.2) is 18.8 Å². The summed E-state index contributed by atoms with van der Waals surface area (Å²) in [7, 11) is 0. The van der Waals surface area contributed by atoms with Crippen molar-refractivity contribution in [2.24, 2.45) is 0 Å². The molecule has 4 aromatic rings. The van der Waals surface area contributed by atoms with Crippen LogP contribution in [0, 0.1) is 0 Å². The highest BCUT2D eigenvalue weighted by Crippen LogP contribution is 2.49. The number of hydrogen-bond donors (Lipinski definition) is 0. The average molecular weight is 631 g/mol. The topological polar surface area (TPSA) is 9.49 Å². The Balaban J connectivity index is 1.42. The van der Waals surface area contributed by atoms with Gasteiger partial charge in [0.05, 0.1) is 0 Å². The van der Waals surface area contributed by atoms with E-state index in [9.17, 15) is 0 Å². The minimum absolute atomic E-state index is 0.0727. The van der Waals surface area contributed by atoms with Crippen molar-refractivity contribution in [3.63, 3.8) is 0 Å². The molecule has 0 spiro atoms. The number of nitrogens with zero attached hydrogens (tertiary/aromatic N) is 3. The van der Waals surface area contributed by atoms with Gasteiger partial charge in [-0.15, -0.1) is 0 Å². The van der Waals surface area contributed by atoms with Gasteiger partial charge < -0.3 is 9.80 Å². The van der Waals surface area contributed by atoms with Gasteiger partial charge in [-0.2, -0.15) is 4.58 Å². The standard InChI is InChI=1S/C45H48N3/c1-7-46-39-25-17-15-23-37(39)44(3,4)41(46)31-29-33-27-28-34(30-32-42-45(5,6)38-24-16-18-26-40(38)47(42)8-2)43(33)48(35-19-11-9-12-20-35)36-21-13-10-14-22-36/h9-26,29-32H,7-8,27-28H2,1-6H3/q+1. The van der Waals surface area contributed by atoms with Crippen LogP contribution in [0.5, 0.6) is 0 Å². The smallest absolute Gasteiger partial charge is 0.218 e. The highest BCUT2D eigenvalue weighted by molar-refractivity contribution is 6.17. The van der Waals surface area contributed by atoms with Crippen molar-refractivity contribution < 1.29 is 0 Å². The van der Waals surface area contributed by atoms with Crippen LogP contribution < -0.4 is 14.4 Å². The number of hydrogen-bond acceptors (Lipinski definition) is 2. The molecule has 4 aromatic carbocycles.